The average Bonchev–Trinajstić information content (AvgIpc) is 2.61. The van der Waals surface area contributed by atoms with Gasteiger partial charge in [0.1, 0.15) is 5.75 Å². The van der Waals surface area contributed by atoms with Crippen LogP contribution in [0.1, 0.15) is 18.4 Å². The third kappa shape index (κ3) is 8.67. The lowest BCUT2D eigenvalue weighted by molar-refractivity contribution is -0.122. The van der Waals surface area contributed by atoms with E-state index in [4.69, 9.17) is 21.9 Å². The molecular weight excluding hydrogens is 484 g/mol. The molecule has 1 aromatic rings. The van der Waals surface area contributed by atoms with E-state index in [1.165, 1.54) is 0 Å². The normalized spacial score (nSPS) is 11.5. The number of rotatable bonds is 12. The minimum atomic E-state index is -1.03. The van der Waals surface area contributed by atoms with Crippen LogP contribution in [-0.2, 0) is 11.2 Å². The largest absolute Gasteiger partial charge is 0.491 e. The van der Waals surface area contributed by atoms with Crippen LogP contribution in [-0.4, -0.2) is 44.1 Å². The Labute approximate surface area is 174 Å². The first-order valence-corrected chi connectivity index (χ1v) is 9.94. The van der Waals surface area contributed by atoms with Crippen molar-refractivity contribution in [3.05, 3.63) is 31.5 Å². The lowest BCUT2D eigenvalue weighted by Gasteiger charge is -2.14. The van der Waals surface area contributed by atoms with Crippen LogP contribution in [0.4, 0.5) is 0 Å². The van der Waals surface area contributed by atoms with Gasteiger partial charge in [0, 0.05) is 19.5 Å². The van der Waals surface area contributed by atoms with Crippen molar-refractivity contribution in [2.24, 2.45) is 27.4 Å². The van der Waals surface area contributed by atoms with E-state index in [0.29, 0.717) is 47.4 Å². The van der Waals surface area contributed by atoms with E-state index in [1.807, 2.05) is 0 Å². The molecule has 27 heavy (non-hydrogen) atoms. The fourth-order valence-electron chi connectivity index (χ4n) is 2.14. The van der Waals surface area contributed by atoms with Gasteiger partial charge in [-0.1, -0.05) is 5.18 Å². The summed E-state index contributed by atoms with van der Waals surface area (Å²) in [4.78, 5) is 27.1. The second kappa shape index (κ2) is 12.6. The second-order valence-electron chi connectivity index (χ2n) is 5.66. The molecule has 0 fully saturated rings. The highest BCUT2D eigenvalue weighted by Gasteiger charge is 2.20. The minimum Gasteiger partial charge on any atom is -0.491 e. The maximum Gasteiger partial charge on any atom is 0.248 e. The first kappa shape index (κ1) is 23.3. The van der Waals surface area contributed by atoms with Crippen molar-refractivity contribution in [1.29, 1.82) is 0 Å². The fraction of sp³-hybridized carbons (Fsp3) is 0.500. The molecule has 11 heteroatoms. The first-order valence-electron chi connectivity index (χ1n) is 8.35. The molecule has 0 aromatic heterocycles. The van der Waals surface area contributed by atoms with Crippen LogP contribution in [0.5, 0.6) is 5.75 Å². The Balaban J connectivity index is 2.64. The zero-order valence-electron chi connectivity index (χ0n) is 14.8. The number of hydrogen-bond acceptors (Lipinski definition) is 6. The molecule has 1 rings (SSSR count). The maximum absolute atomic E-state index is 12.1. The first-order chi connectivity index (χ1) is 12.9. The number of benzene rings is 1. The number of halogens is 2. The van der Waals surface area contributed by atoms with Crippen molar-refractivity contribution in [1.82, 2.24) is 5.32 Å². The van der Waals surface area contributed by atoms with Gasteiger partial charge in [0.25, 0.3) is 0 Å². The number of nitroso groups, excluding NO2 is 1. The predicted molar refractivity (Wildman–Crippen MR) is 113 cm³/mol. The van der Waals surface area contributed by atoms with Gasteiger partial charge in [-0.2, -0.15) is 0 Å². The topological polar surface area (TPSA) is 158 Å². The molecule has 0 saturated carbocycles. The van der Waals surface area contributed by atoms with Crippen molar-refractivity contribution >= 4 is 43.7 Å². The molecule has 150 valence electrons. The maximum atomic E-state index is 12.1. The molecule has 0 radical (unpaired) electrons. The summed E-state index contributed by atoms with van der Waals surface area (Å²) in [5, 5.41) is 5.61. The standard InChI is InChI=1S/C16H24Br2N6O3/c17-11-7-10(8-12(18)14(11)27-6-1-3-19)9-13(24-26)15(25)22-4-2-5-23-16(20)21/h7-8,13H,1-6,9,19H2,(H,22,25)(H4,20,21,23). The van der Waals surface area contributed by atoms with Crippen molar-refractivity contribution < 1.29 is 9.53 Å². The van der Waals surface area contributed by atoms with Crippen LogP contribution in [0.15, 0.2) is 31.2 Å². The number of guanidine groups is 1. The van der Waals surface area contributed by atoms with E-state index in [9.17, 15) is 9.70 Å². The van der Waals surface area contributed by atoms with Crippen molar-refractivity contribution in [2.45, 2.75) is 25.3 Å². The number of carbonyl (C=O) groups excluding carboxylic acids is 1. The Morgan fingerprint density at radius 2 is 1.89 bits per heavy atom. The number of hydrogen-bond donors (Lipinski definition) is 4. The molecule has 1 unspecified atom stereocenters. The van der Waals surface area contributed by atoms with E-state index >= 15 is 0 Å². The van der Waals surface area contributed by atoms with Gasteiger partial charge in [-0.25, -0.2) is 0 Å². The summed E-state index contributed by atoms with van der Waals surface area (Å²) >= 11 is 6.88. The molecule has 0 aliphatic carbocycles. The van der Waals surface area contributed by atoms with Gasteiger partial charge in [0.2, 0.25) is 5.91 Å². The van der Waals surface area contributed by atoms with E-state index in [2.05, 4.69) is 47.3 Å². The van der Waals surface area contributed by atoms with Crippen LogP contribution in [0, 0.1) is 4.91 Å². The molecule has 0 bridgehead atoms. The van der Waals surface area contributed by atoms with Gasteiger partial charge in [-0.05, 0) is 68.9 Å². The van der Waals surface area contributed by atoms with Crippen molar-refractivity contribution in [3.8, 4) is 5.75 Å². The second-order valence-corrected chi connectivity index (χ2v) is 7.36. The number of ether oxygens (including phenoxy) is 1. The van der Waals surface area contributed by atoms with Crippen LogP contribution in [0.2, 0.25) is 0 Å². The smallest absolute Gasteiger partial charge is 0.248 e. The van der Waals surface area contributed by atoms with Crippen molar-refractivity contribution in [2.75, 3.05) is 26.2 Å². The lowest BCUT2D eigenvalue weighted by atomic mass is 10.1. The highest BCUT2D eigenvalue weighted by molar-refractivity contribution is 9.11. The van der Waals surface area contributed by atoms with Crippen LogP contribution < -0.4 is 27.3 Å². The quantitative estimate of drug-likeness (QED) is 0.145. The Morgan fingerprint density at radius 1 is 1.22 bits per heavy atom. The number of carbonyl (C=O) groups is 1. The highest BCUT2D eigenvalue weighted by Crippen LogP contribution is 2.35. The van der Waals surface area contributed by atoms with Gasteiger partial charge in [0.05, 0.1) is 15.6 Å². The molecule has 0 saturated heterocycles. The number of nitrogens with one attached hydrogen (secondary N) is 1. The van der Waals surface area contributed by atoms with E-state index in [0.717, 1.165) is 12.0 Å². The zero-order valence-corrected chi connectivity index (χ0v) is 18.0. The third-order valence-corrected chi connectivity index (χ3v) is 4.62. The van der Waals surface area contributed by atoms with Gasteiger partial charge in [-0.3, -0.25) is 9.79 Å². The van der Waals surface area contributed by atoms with Gasteiger partial charge in [0.15, 0.2) is 12.0 Å². The molecular formula is C16H24Br2N6O3. The molecule has 7 N–H and O–H groups in total. The summed E-state index contributed by atoms with van der Waals surface area (Å²) < 4.78 is 7.10. The van der Waals surface area contributed by atoms with Gasteiger partial charge in [-0.15, -0.1) is 4.91 Å². The van der Waals surface area contributed by atoms with Crippen LogP contribution >= 0.6 is 31.9 Å². The summed E-state index contributed by atoms with van der Waals surface area (Å²) in [6, 6.07) is 2.57. The number of aliphatic imine (C=N–C) groups is 1. The molecule has 1 amide bonds. The van der Waals surface area contributed by atoms with Crippen LogP contribution in [0.3, 0.4) is 0 Å². The molecule has 0 heterocycles. The fourth-order valence-corrected chi connectivity index (χ4v) is 3.65. The Kier molecular flexibility index (Phi) is 10.9. The van der Waals surface area contributed by atoms with E-state index in [-0.39, 0.29) is 12.4 Å². The lowest BCUT2D eigenvalue weighted by Crippen LogP contribution is -2.35. The SMILES string of the molecule is NCCCOc1c(Br)cc(CC(N=O)C(=O)NCCCN=C(N)N)cc1Br. The summed E-state index contributed by atoms with van der Waals surface area (Å²) in [5.41, 5.74) is 16.7. The monoisotopic (exact) mass is 506 g/mol. The molecule has 9 nitrogen and oxygen atoms in total. The highest BCUT2D eigenvalue weighted by atomic mass is 79.9. The molecule has 0 spiro atoms. The Morgan fingerprint density at radius 3 is 2.44 bits per heavy atom. The summed E-state index contributed by atoms with van der Waals surface area (Å²) in [7, 11) is 0. The molecule has 0 aliphatic heterocycles. The summed E-state index contributed by atoms with van der Waals surface area (Å²) in [6.45, 7) is 1.78. The van der Waals surface area contributed by atoms with Crippen molar-refractivity contribution in [3.63, 3.8) is 0 Å². The predicted octanol–water partition coefficient (Wildman–Crippen LogP) is 1.40. The van der Waals surface area contributed by atoms with Crippen LogP contribution in [0.25, 0.3) is 0 Å². The third-order valence-electron chi connectivity index (χ3n) is 3.44. The summed E-state index contributed by atoms with van der Waals surface area (Å²) in [5.74, 6) is 0.206. The van der Waals surface area contributed by atoms with Gasteiger partial charge >= 0.3 is 0 Å². The molecule has 1 aromatic carbocycles. The molecule has 1 atom stereocenters. The zero-order chi connectivity index (χ0) is 20.2. The average molecular weight is 508 g/mol. The number of amides is 1. The van der Waals surface area contributed by atoms with Gasteiger partial charge < -0.3 is 27.3 Å². The number of nitrogens with zero attached hydrogens (tertiary/aromatic N) is 2. The summed E-state index contributed by atoms with van der Waals surface area (Å²) in [6.07, 6.45) is 1.46. The Hall–Kier alpha value is -1.72. The minimum absolute atomic E-state index is 0.000342. The Bertz CT molecular complexity index is 645. The van der Waals surface area contributed by atoms with E-state index < -0.39 is 11.9 Å². The van der Waals surface area contributed by atoms with E-state index in [1.54, 1.807) is 12.1 Å². The molecule has 0 aliphatic rings. The number of nitrogens with two attached hydrogens (primary N) is 3.